The van der Waals surface area contributed by atoms with Gasteiger partial charge in [0.2, 0.25) is 0 Å². The first-order valence-electron chi connectivity index (χ1n) is 50.1. The van der Waals surface area contributed by atoms with Crippen LogP contribution in [0, 0.1) is 69.0 Å². The molecule has 0 aliphatic heterocycles. The molecule has 5 aromatic carbocycles. The van der Waals surface area contributed by atoms with Crippen LogP contribution in [-0.2, 0) is 75.0 Å². The molecule has 0 bridgehead atoms. The molecule has 8 saturated carbocycles. The fraction of sp³-hybridized carbons (Fsp3) is 0.552. The second kappa shape index (κ2) is 36.0. The number of phenols is 1. The summed E-state index contributed by atoms with van der Waals surface area (Å²) in [5, 5.41) is 21.8. The minimum Gasteiger partial charge on any atom is -0.508 e. The van der Waals surface area contributed by atoms with Crippen LogP contribution in [0.4, 0.5) is 17.1 Å². The van der Waals surface area contributed by atoms with Gasteiger partial charge in [0, 0.05) is 125 Å². The van der Waals surface area contributed by atoms with E-state index in [-0.39, 0.29) is 88.0 Å². The Morgan fingerprint density at radius 3 is 1.13 bits per heavy atom. The van der Waals surface area contributed by atoms with Crippen molar-refractivity contribution in [3.8, 4) is 5.75 Å². The van der Waals surface area contributed by atoms with Crippen LogP contribution in [-0.4, -0.2) is 119 Å². The normalized spacial score (nSPS) is 34.8. The van der Waals surface area contributed by atoms with Crippen molar-refractivity contribution in [1.29, 1.82) is 0 Å². The number of aliphatic hydroxyl groups is 1. The Hall–Kier alpha value is -10.2. The fourth-order valence-corrected chi connectivity index (χ4v) is 31.4. The van der Waals surface area contributed by atoms with Crippen molar-refractivity contribution < 1.29 is 72.4 Å². The van der Waals surface area contributed by atoms with Gasteiger partial charge in [-0.05, 0) is 380 Å². The van der Waals surface area contributed by atoms with Gasteiger partial charge in [-0.1, -0.05) is 118 Å². The fourth-order valence-electron chi connectivity index (χ4n) is 31.4. The third kappa shape index (κ3) is 15.9. The molecule has 15 aliphatic carbocycles. The zero-order valence-corrected chi connectivity index (χ0v) is 82.0. The molecule has 8 fully saturated rings. The summed E-state index contributed by atoms with van der Waals surface area (Å²) in [6, 6.07) is 40.4. The minimum absolute atomic E-state index is 0.0245. The molecule has 710 valence electrons. The number of carbonyl (C=O) groups excluding carboxylic acids is 10. The highest BCUT2D eigenvalue weighted by molar-refractivity contribution is 5.96. The second-order valence-corrected chi connectivity index (χ2v) is 44.2. The average molecular weight is 1820 g/mol. The summed E-state index contributed by atoms with van der Waals surface area (Å²) in [5.74, 6) is 3.29. The van der Waals surface area contributed by atoms with E-state index in [1.54, 1.807) is 27.7 Å². The van der Waals surface area contributed by atoms with Crippen molar-refractivity contribution in [1.82, 2.24) is 0 Å². The van der Waals surface area contributed by atoms with E-state index in [9.17, 15) is 58.2 Å². The first kappa shape index (κ1) is 95.5. The number of hydrogen-bond donors (Lipinski definition) is 3. The Morgan fingerprint density at radius 2 is 0.754 bits per heavy atom. The van der Waals surface area contributed by atoms with Crippen LogP contribution in [0.25, 0.3) is 0 Å². The second-order valence-electron chi connectivity index (χ2n) is 44.2. The third-order valence-electron chi connectivity index (χ3n) is 37.5. The molecule has 134 heavy (non-hydrogen) atoms. The number of aryl methyl sites for hydroxylation is 2. The van der Waals surface area contributed by atoms with Crippen LogP contribution in [0.5, 0.6) is 5.75 Å². The number of nitrogens with two attached hydrogens (primary N) is 1. The predicted molar refractivity (Wildman–Crippen MR) is 521 cm³/mol. The Morgan fingerprint density at radius 1 is 0.396 bits per heavy atom. The highest BCUT2D eigenvalue weighted by Crippen LogP contribution is 2.74. The van der Waals surface area contributed by atoms with E-state index < -0.39 is 44.1 Å². The Labute approximate surface area is 792 Å². The van der Waals surface area contributed by atoms with Gasteiger partial charge < -0.3 is 40.0 Å². The lowest BCUT2D eigenvalue weighted by Crippen LogP contribution is -2.57. The molecular formula is C116H141N3O15. The number of fused-ring (bicyclic) bond motifs is 17. The Bertz CT molecular complexity index is 5800. The number of nitrogen functional groups attached to an aromatic ring is 1. The number of benzene rings is 5. The molecule has 15 aliphatic rings. The summed E-state index contributed by atoms with van der Waals surface area (Å²) < 4.78 is 18.0. The molecule has 5 aromatic rings. The number of ether oxygens (including phenoxy) is 3. The number of nitrogens with zero attached hydrogens (tertiary/aromatic N) is 2. The zero-order chi connectivity index (χ0) is 95.8. The number of phenolic OH excluding ortho intramolecular Hbond substituents is 1. The maximum absolute atomic E-state index is 13.2. The highest BCUT2D eigenvalue weighted by Gasteiger charge is 2.72. The van der Waals surface area contributed by atoms with Crippen molar-refractivity contribution >= 4 is 75.5 Å². The van der Waals surface area contributed by atoms with E-state index in [0.717, 1.165) is 145 Å². The molecule has 18 heteroatoms. The van der Waals surface area contributed by atoms with Crippen LogP contribution in [0.15, 0.2) is 184 Å². The van der Waals surface area contributed by atoms with E-state index in [1.807, 2.05) is 70.7 Å². The van der Waals surface area contributed by atoms with Crippen LogP contribution < -0.4 is 15.5 Å². The minimum atomic E-state index is -1.24. The SMILES string of the molecule is CC(=O)O[C@]1(C(C)=O)CCC2C3CCC4=CC(=O)CCC4=C3C(c3ccc(N)cc3)C[C@@]21C.CC(=O)O[C@]1(C(C)=O)CCC2C3CCc4cc(O)ccc4C3C(c3ccc(N(C)C)cc3)C[C@@]21C.CC(=O)[C@@]1(O)CCC2C3CCC4=CC(=O)CCC4=C3C(c3ccc(N(C)C)cc3)C[C@@]21C.CCc1ccc(C2C[C@@]3(C)C(CC[C@]3(OC(C)=O)C(C)=O)C3CCC4=CC(=O)CCC4=C23)cc1. The first-order chi connectivity index (χ1) is 63.6. The number of ketones is 7. The topological polar surface area (TPSA) is 271 Å². The predicted octanol–water partition coefficient (Wildman–Crippen LogP) is 21.7. The number of carbonyl (C=O) groups is 10. The van der Waals surface area contributed by atoms with E-state index in [4.69, 9.17) is 19.9 Å². The Balaban J connectivity index is 0.000000124. The quantitative estimate of drug-likeness (QED) is 0.0529. The molecule has 0 amide bonds. The van der Waals surface area contributed by atoms with Gasteiger partial charge in [-0.3, -0.25) is 47.9 Å². The molecule has 0 aromatic heterocycles. The average Bonchev–Trinajstić information content (AvgIpc) is 1.52. The van der Waals surface area contributed by atoms with Gasteiger partial charge in [0.05, 0.1) is 0 Å². The Kier molecular flexibility index (Phi) is 25.7. The molecule has 0 radical (unpaired) electrons. The van der Waals surface area contributed by atoms with E-state index in [1.165, 1.54) is 110 Å². The molecule has 0 spiro atoms. The summed E-state index contributed by atoms with van der Waals surface area (Å²) in [4.78, 5) is 130. The largest absolute Gasteiger partial charge is 0.508 e. The van der Waals surface area contributed by atoms with Crippen LogP contribution in [0.3, 0.4) is 0 Å². The molecule has 0 saturated heterocycles. The maximum Gasteiger partial charge on any atom is 0.303 e. The van der Waals surface area contributed by atoms with Crippen molar-refractivity contribution in [3.63, 3.8) is 0 Å². The van der Waals surface area contributed by atoms with Crippen molar-refractivity contribution in [2.45, 2.75) is 308 Å². The van der Waals surface area contributed by atoms with Crippen LogP contribution in [0.1, 0.15) is 312 Å². The number of Topliss-reactive ketones (excluding diaryl/α,β-unsaturated/α-hetero) is 4. The summed E-state index contributed by atoms with van der Waals surface area (Å²) in [6.07, 6.45) is 27.5. The number of aromatic hydroxyl groups is 1. The monoisotopic (exact) mass is 1820 g/mol. The standard InChI is InChI=1S/C30H37NO4.C30H36O4.C28H33NO4.C28H35NO3/c1-18(32)30(35-19(2)33)15-14-27-25-12-8-21-16-23(34)11-13-24(21)28(25)26(17-29(27,30)3)20-6-9-22(10-7-20)31(4)5;1-5-20-6-8-21(9-7-20)26-17-29(4)27(14-15-30(29,18(2)31)34-19(3)32)25-12-10-22-16-23(33)11-13-24(22)28(25)26;1-16(30)28(33-17(2)31)13-12-25-23-10-6-19-14-21(32)9-11-22(19)26(23)24(15-27(25,28)3)18-4-7-20(29)8-5-18;1-17(30)28(32)14-13-25-23-11-7-19-15-21(31)10-12-22(19)26(23)24(16-27(25,28)2)18-5-8-20(9-6-18)29(3)4/h6-7,9-11,13,16,25-28,34H,8,12,14-15,17H2,1-5H3;6-9,16,25-27H,5,10-15,17H2,1-4H3;4-5,7-8,14,23-25H,6,9-13,15,29H2,1-3H3;5-6,8-9,15,23-25,32H,7,10-14,16H2,1-4H3/t25?,26?,27?,28?,29-,30-;25?,26?,27?,29-,30-;2*23?,24?,25?,27-,28-/m0000/s1. The molecule has 20 rings (SSSR count). The van der Waals surface area contributed by atoms with Crippen molar-refractivity contribution in [2.24, 2.45) is 69.0 Å². The van der Waals surface area contributed by atoms with Gasteiger partial charge in [-0.25, -0.2) is 0 Å². The molecule has 21 atom stereocenters. The van der Waals surface area contributed by atoms with E-state index >= 15 is 0 Å². The number of esters is 3. The summed E-state index contributed by atoms with van der Waals surface area (Å²) in [6.45, 7) is 21.5. The van der Waals surface area contributed by atoms with E-state index in [2.05, 4.69) is 135 Å². The third-order valence-corrected chi connectivity index (χ3v) is 37.5. The highest BCUT2D eigenvalue weighted by atomic mass is 16.6. The molecule has 4 N–H and O–H groups in total. The smallest absolute Gasteiger partial charge is 0.303 e. The summed E-state index contributed by atoms with van der Waals surface area (Å²) in [5.41, 5.74) is 24.0. The van der Waals surface area contributed by atoms with Gasteiger partial charge in [0.15, 0.2) is 57.3 Å². The number of rotatable bonds is 14. The summed E-state index contributed by atoms with van der Waals surface area (Å²) >= 11 is 0. The lowest BCUT2D eigenvalue weighted by Gasteiger charge is -2.56. The van der Waals surface area contributed by atoms with Gasteiger partial charge in [-0.15, -0.1) is 0 Å². The van der Waals surface area contributed by atoms with Gasteiger partial charge in [0.1, 0.15) is 11.4 Å². The van der Waals surface area contributed by atoms with E-state index in [0.29, 0.717) is 98.0 Å². The van der Waals surface area contributed by atoms with Gasteiger partial charge >= 0.3 is 17.9 Å². The summed E-state index contributed by atoms with van der Waals surface area (Å²) in [7, 11) is 8.18. The number of allylic oxidation sites excluding steroid dienone is 12. The molecule has 0 heterocycles. The van der Waals surface area contributed by atoms with Crippen molar-refractivity contribution in [2.75, 3.05) is 43.7 Å². The van der Waals surface area contributed by atoms with Crippen molar-refractivity contribution in [3.05, 3.63) is 223 Å². The first-order valence-corrected chi connectivity index (χ1v) is 50.1. The lowest BCUT2D eigenvalue weighted by molar-refractivity contribution is -0.184. The molecular weight excluding hydrogens is 1680 g/mol. The molecule has 13 unspecified atom stereocenters. The lowest BCUT2D eigenvalue weighted by atomic mass is 9.48. The maximum atomic E-state index is 13.2. The number of anilines is 3. The van der Waals surface area contributed by atoms with Gasteiger partial charge in [-0.2, -0.15) is 0 Å². The van der Waals surface area contributed by atoms with Gasteiger partial charge in [0.25, 0.3) is 0 Å². The zero-order valence-electron chi connectivity index (χ0n) is 82.0. The van der Waals surface area contributed by atoms with Crippen LogP contribution >= 0.6 is 0 Å². The van der Waals surface area contributed by atoms with Crippen LogP contribution in [0.2, 0.25) is 0 Å². The number of hydrogen-bond acceptors (Lipinski definition) is 18. The molecule has 18 nitrogen and oxygen atoms in total.